The molecule has 0 bridgehead atoms. The zero-order valence-corrected chi connectivity index (χ0v) is 14.5. The second kappa shape index (κ2) is 7.13. The van der Waals surface area contributed by atoms with Crippen molar-refractivity contribution in [2.45, 2.75) is 31.9 Å². The van der Waals surface area contributed by atoms with Crippen LogP contribution in [0.25, 0.3) is 17.0 Å². The molecule has 0 amide bonds. The third kappa shape index (κ3) is 3.08. The van der Waals surface area contributed by atoms with Gasteiger partial charge in [-0.2, -0.15) is 5.10 Å². The molecule has 1 aliphatic heterocycles. The highest BCUT2D eigenvalue weighted by atomic mass is 79.9. The average Bonchev–Trinajstić information content (AvgIpc) is 2.95. The van der Waals surface area contributed by atoms with E-state index in [1.54, 1.807) is 0 Å². The number of benzene rings is 1. The Morgan fingerprint density at radius 3 is 3.09 bits per heavy atom. The number of aliphatic hydroxyl groups is 1. The fraction of sp³-hybridized carbons (Fsp3) is 0.438. The largest absolute Gasteiger partial charge is 0.396 e. The van der Waals surface area contributed by atoms with E-state index in [9.17, 15) is 0 Å². The molecule has 1 aromatic carbocycles. The molecule has 4 nitrogen and oxygen atoms in total. The number of halogens is 2. The van der Waals surface area contributed by atoms with Gasteiger partial charge in [-0.15, -0.1) is 0 Å². The van der Waals surface area contributed by atoms with Crippen molar-refractivity contribution in [2.75, 3.05) is 13.2 Å². The number of hydrogen-bond donors (Lipinski definition) is 1. The number of rotatable bonds is 4. The summed E-state index contributed by atoms with van der Waals surface area (Å²) in [6, 6.07) is 1.94. The van der Waals surface area contributed by atoms with Crippen molar-refractivity contribution >= 4 is 44.5 Å². The fourth-order valence-corrected chi connectivity index (χ4v) is 3.73. The quantitative estimate of drug-likeness (QED) is 0.840. The first kappa shape index (κ1) is 16.0. The lowest BCUT2D eigenvalue weighted by Gasteiger charge is -2.23. The summed E-state index contributed by atoms with van der Waals surface area (Å²) in [6.45, 7) is 0.911. The zero-order chi connectivity index (χ0) is 15.5. The normalized spacial score (nSPS) is 19.3. The molecule has 0 radical (unpaired) electrons. The molecule has 2 heterocycles. The maximum atomic E-state index is 8.88. The van der Waals surface area contributed by atoms with Crippen LogP contribution in [0.2, 0.25) is 5.02 Å². The first-order chi connectivity index (χ1) is 10.7. The van der Waals surface area contributed by atoms with Gasteiger partial charge in [0.25, 0.3) is 0 Å². The molecule has 2 aromatic rings. The van der Waals surface area contributed by atoms with Gasteiger partial charge < -0.3 is 9.84 Å². The van der Waals surface area contributed by atoms with Crippen LogP contribution >= 0.6 is 27.5 Å². The van der Waals surface area contributed by atoms with E-state index in [4.69, 9.17) is 21.4 Å². The van der Waals surface area contributed by atoms with E-state index < -0.39 is 0 Å². The smallest absolute Gasteiger partial charge is 0.150 e. The Labute approximate surface area is 142 Å². The Morgan fingerprint density at radius 1 is 1.50 bits per heavy atom. The summed E-state index contributed by atoms with van der Waals surface area (Å²) in [5, 5.41) is 15.1. The highest BCUT2D eigenvalue weighted by Crippen LogP contribution is 2.36. The highest BCUT2D eigenvalue weighted by Gasteiger charge is 2.20. The average molecular weight is 386 g/mol. The van der Waals surface area contributed by atoms with E-state index in [-0.39, 0.29) is 12.8 Å². The highest BCUT2D eigenvalue weighted by molar-refractivity contribution is 9.10. The minimum Gasteiger partial charge on any atom is -0.396 e. The predicted octanol–water partition coefficient (Wildman–Crippen LogP) is 4.55. The molecule has 1 unspecified atom stereocenters. The molecule has 1 fully saturated rings. The molecule has 1 saturated heterocycles. The van der Waals surface area contributed by atoms with Crippen LogP contribution in [0.15, 0.2) is 22.8 Å². The summed E-state index contributed by atoms with van der Waals surface area (Å²) >= 11 is 10.1. The summed E-state index contributed by atoms with van der Waals surface area (Å²) < 4.78 is 8.67. The first-order valence-electron chi connectivity index (χ1n) is 7.46. The molecule has 3 rings (SSSR count). The van der Waals surface area contributed by atoms with Crippen molar-refractivity contribution in [1.29, 1.82) is 0 Å². The van der Waals surface area contributed by atoms with Crippen LogP contribution in [-0.4, -0.2) is 28.1 Å². The van der Waals surface area contributed by atoms with E-state index in [0.29, 0.717) is 11.4 Å². The summed E-state index contributed by atoms with van der Waals surface area (Å²) in [6.07, 6.45) is 9.52. The number of fused-ring (bicyclic) bond motifs is 1. The Kier molecular flexibility index (Phi) is 5.18. The molecule has 1 aliphatic rings. The molecule has 0 aliphatic carbocycles. The van der Waals surface area contributed by atoms with Gasteiger partial charge in [-0.1, -0.05) is 23.8 Å². The SMILES string of the molecule is OCC/C=C\c1c(Cl)cc2c(cnn2C2CCCCO2)c1Br. The van der Waals surface area contributed by atoms with Gasteiger partial charge in [0.05, 0.1) is 16.7 Å². The van der Waals surface area contributed by atoms with Gasteiger partial charge in [0.15, 0.2) is 6.23 Å². The lowest BCUT2D eigenvalue weighted by atomic mass is 10.1. The van der Waals surface area contributed by atoms with E-state index >= 15 is 0 Å². The Hall–Kier alpha value is -0.880. The number of ether oxygens (including phenoxy) is 1. The predicted molar refractivity (Wildman–Crippen MR) is 92.0 cm³/mol. The lowest BCUT2D eigenvalue weighted by molar-refractivity contribution is -0.0366. The Morgan fingerprint density at radius 2 is 2.36 bits per heavy atom. The number of aliphatic hydroxyl groups excluding tert-OH is 1. The third-order valence-electron chi connectivity index (χ3n) is 3.84. The monoisotopic (exact) mass is 384 g/mol. The van der Waals surface area contributed by atoms with E-state index in [1.807, 2.05) is 29.1 Å². The lowest BCUT2D eigenvalue weighted by Crippen LogP contribution is -2.18. The van der Waals surface area contributed by atoms with E-state index in [0.717, 1.165) is 46.8 Å². The van der Waals surface area contributed by atoms with Crippen LogP contribution < -0.4 is 0 Å². The second-order valence-electron chi connectivity index (χ2n) is 5.34. The molecule has 1 N–H and O–H groups in total. The van der Waals surface area contributed by atoms with Crippen molar-refractivity contribution in [1.82, 2.24) is 9.78 Å². The minimum atomic E-state index is -0.00926. The van der Waals surface area contributed by atoms with Gasteiger partial charge in [0, 0.05) is 28.6 Å². The summed E-state index contributed by atoms with van der Waals surface area (Å²) in [5.41, 5.74) is 1.88. The van der Waals surface area contributed by atoms with Crippen molar-refractivity contribution in [3.63, 3.8) is 0 Å². The van der Waals surface area contributed by atoms with Crippen molar-refractivity contribution in [3.8, 4) is 0 Å². The van der Waals surface area contributed by atoms with Gasteiger partial charge in [-0.25, -0.2) is 4.68 Å². The Balaban J connectivity index is 2.02. The molecule has 1 atom stereocenters. The van der Waals surface area contributed by atoms with Crippen LogP contribution in [-0.2, 0) is 4.74 Å². The number of hydrogen-bond acceptors (Lipinski definition) is 3. The topological polar surface area (TPSA) is 47.3 Å². The van der Waals surface area contributed by atoms with Crippen LogP contribution in [0.1, 0.15) is 37.5 Å². The van der Waals surface area contributed by atoms with Crippen LogP contribution in [0.3, 0.4) is 0 Å². The zero-order valence-electron chi connectivity index (χ0n) is 12.1. The van der Waals surface area contributed by atoms with Gasteiger partial charge in [-0.05, 0) is 47.7 Å². The molecule has 118 valence electrons. The Bertz CT molecular complexity index is 693. The van der Waals surface area contributed by atoms with E-state index in [1.165, 1.54) is 0 Å². The molecule has 22 heavy (non-hydrogen) atoms. The molecule has 0 spiro atoms. The first-order valence-corrected chi connectivity index (χ1v) is 8.63. The summed E-state index contributed by atoms with van der Waals surface area (Å²) in [5.74, 6) is 0. The van der Waals surface area contributed by atoms with Gasteiger partial charge in [0.2, 0.25) is 0 Å². The third-order valence-corrected chi connectivity index (χ3v) is 5.00. The van der Waals surface area contributed by atoms with Crippen LogP contribution in [0, 0.1) is 0 Å². The number of aromatic nitrogens is 2. The van der Waals surface area contributed by atoms with Crippen molar-refractivity contribution < 1.29 is 9.84 Å². The fourth-order valence-electron chi connectivity index (χ4n) is 2.71. The molecular weight excluding hydrogens is 368 g/mol. The summed E-state index contributed by atoms with van der Waals surface area (Å²) in [4.78, 5) is 0. The second-order valence-corrected chi connectivity index (χ2v) is 6.54. The summed E-state index contributed by atoms with van der Waals surface area (Å²) in [7, 11) is 0. The van der Waals surface area contributed by atoms with Crippen LogP contribution in [0.4, 0.5) is 0 Å². The van der Waals surface area contributed by atoms with Gasteiger partial charge in [-0.3, -0.25) is 0 Å². The number of nitrogens with zero attached hydrogens (tertiary/aromatic N) is 2. The molecule has 0 saturated carbocycles. The molecule has 6 heteroatoms. The van der Waals surface area contributed by atoms with Crippen molar-refractivity contribution in [2.24, 2.45) is 0 Å². The van der Waals surface area contributed by atoms with Crippen LogP contribution in [0.5, 0.6) is 0 Å². The minimum absolute atomic E-state index is 0.00926. The van der Waals surface area contributed by atoms with Gasteiger partial charge in [0.1, 0.15) is 0 Å². The molecular formula is C16H18BrClN2O2. The maximum absolute atomic E-state index is 8.88. The molecule has 1 aromatic heterocycles. The van der Waals surface area contributed by atoms with Crippen molar-refractivity contribution in [3.05, 3.63) is 33.4 Å². The standard InChI is InChI=1S/C16H18BrClN2O2/c17-16-11(5-1-3-7-21)13(18)9-14-12(16)10-19-20(14)15-6-2-4-8-22-15/h1,5,9-10,15,21H,2-4,6-8H2/b5-1-. The maximum Gasteiger partial charge on any atom is 0.150 e. The van der Waals surface area contributed by atoms with E-state index in [2.05, 4.69) is 21.0 Å². The van der Waals surface area contributed by atoms with Gasteiger partial charge >= 0.3 is 0 Å².